The summed E-state index contributed by atoms with van der Waals surface area (Å²) in [7, 11) is 0. The minimum absolute atomic E-state index is 0.0489. The fourth-order valence-corrected chi connectivity index (χ4v) is 6.01. The number of thioether (sulfide) groups is 1. The van der Waals surface area contributed by atoms with E-state index in [2.05, 4.69) is 34.3 Å². The molecule has 1 aromatic heterocycles. The highest BCUT2D eigenvalue weighted by molar-refractivity contribution is 8.01. The average Bonchev–Trinajstić information content (AvgIpc) is 3.17. The molecule has 0 saturated heterocycles. The molecule has 1 aromatic rings. The lowest BCUT2D eigenvalue weighted by Gasteiger charge is -2.43. The molecule has 9 heteroatoms. The summed E-state index contributed by atoms with van der Waals surface area (Å²) in [6, 6.07) is 0.572. The van der Waals surface area contributed by atoms with Gasteiger partial charge in [-0.15, -0.1) is 10.2 Å². The van der Waals surface area contributed by atoms with E-state index in [0.717, 1.165) is 37.5 Å². The van der Waals surface area contributed by atoms with Crippen molar-refractivity contribution in [2.24, 2.45) is 11.8 Å². The number of rotatable bonds is 7. The van der Waals surface area contributed by atoms with Gasteiger partial charge in [-0.25, -0.2) is 4.79 Å². The first-order valence-corrected chi connectivity index (χ1v) is 13.0. The first-order valence-electron chi connectivity index (χ1n) is 11.2. The van der Waals surface area contributed by atoms with Crippen molar-refractivity contribution in [2.75, 3.05) is 17.7 Å². The van der Waals surface area contributed by atoms with Crippen LogP contribution in [0.25, 0.3) is 0 Å². The maximum atomic E-state index is 13.3. The Hall–Kier alpha value is -1.35. The zero-order valence-electron chi connectivity index (χ0n) is 18.3. The number of hydrogen-bond donors (Lipinski definition) is 1. The van der Waals surface area contributed by atoms with Crippen LogP contribution in [0.15, 0.2) is 4.34 Å². The van der Waals surface area contributed by atoms with E-state index in [0.29, 0.717) is 28.2 Å². The number of esters is 1. The summed E-state index contributed by atoms with van der Waals surface area (Å²) in [6.45, 7) is 6.76. The Morgan fingerprint density at radius 2 is 1.60 bits per heavy atom. The summed E-state index contributed by atoms with van der Waals surface area (Å²) in [4.78, 5) is 27.0. The van der Waals surface area contributed by atoms with Crippen LogP contribution in [0.5, 0.6) is 0 Å². The van der Waals surface area contributed by atoms with E-state index in [1.165, 1.54) is 48.8 Å². The van der Waals surface area contributed by atoms with E-state index in [1.54, 1.807) is 6.92 Å². The maximum absolute atomic E-state index is 13.3. The third-order valence-corrected chi connectivity index (χ3v) is 8.18. The van der Waals surface area contributed by atoms with Gasteiger partial charge in [-0.2, -0.15) is 0 Å². The first kappa shape index (κ1) is 23.3. The standard InChI is InChI=1S/C21H34N4O3S2/c1-4-28-18(26)13-29-21-24-23-19(30-21)22-20(27)25(16-9-5-14(2)6-10-16)17-11-7-15(3)8-12-17/h14-17H,4-13H2,1-3H3,(H,22,23,27). The van der Waals surface area contributed by atoms with Crippen molar-refractivity contribution in [1.29, 1.82) is 0 Å². The second kappa shape index (κ2) is 11.3. The molecule has 0 aliphatic heterocycles. The zero-order valence-corrected chi connectivity index (χ0v) is 19.9. The van der Waals surface area contributed by atoms with Crippen molar-refractivity contribution < 1.29 is 14.3 Å². The Labute approximate surface area is 187 Å². The van der Waals surface area contributed by atoms with Crippen LogP contribution < -0.4 is 5.32 Å². The molecular weight excluding hydrogens is 420 g/mol. The largest absolute Gasteiger partial charge is 0.465 e. The number of urea groups is 1. The van der Waals surface area contributed by atoms with Gasteiger partial charge in [-0.1, -0.05) is 36.9 Å². The van der Waals surface area contributed by atoms with Crippen LogP contribution in [0.2, 0.25) is 0 Å². The second-order valence-electron chi connectivity index (χ2n) is 8.63. The number of hydrogen-bond acceptors (Lipinski definition) is 7. The minimum Gasteiger partial charge on any atom is -0.465 e. The number of carbonyl (C=O) groups is 2. The SMILES string of the molecule is CCOC(=O)CSc1nnc(NC(=O)N(C2CCC(C)CC2)C2CCC(C)CC2)s1. The molecule has 2 aliphatic rings. The van der Waals surface area contributed by atoms with Crippen LogP contribution in [0, 0.1) is 11.8 Å². The number of anilines is 1. The lowest BCUT2D eigenvalue weighted by molar-refractivity contribution is -0.139. The second-order valence-corrected chi connectivity index (χ2v) is 10.8. The Kier molecular flexibility index (Phi) is 8.80. The summed E-state index contributed by atoms with van der Waals surface area (Å²) in [5, 5.41) is 11.7. The van der Waals surface area contributed by atoms with E-state index >= 15 is 0 Å². The van der Waals surface area contributed by atoms with Gasteiger partial charge in [-0.05, 0) is 70.1 Å². The van der Waals surface area contributed by atoms with Crippen LogP contribution in [0.1, 0.15) is 72.1 Å². The fourth-order valence-electron chi connectivity index (χ4n) is 4.47. The van der Waals surface area contributed by atoms with Gasteiger partial charge in [0.2, 0.25) is 5.13 Å². The van der Waals surface area contributed by atoms with E-state index in [-0.39, 0.29) is 17.8 Å². The number of ether oxygens (including phenoxy) is 1. The van der Waals surface area contributed by atoms with E-state index in [4.69, 9.17) is 4.74 Å². The van der Waals surface area contributed by atoms with Crippen molar-refractivity contribution in [3.8, 4) is 0 Å². The summed E-state index contributed by atoms with van der Waals surface area (Å²) < 4.78 is 5.59. The molecule has 168 valence electrons. The molecule has 3 rings (SSSR count). The Balaban J connectivity index is 1.62. The quantitative estimate of drug-likeness (QED) is 0.347. The summed E-state index contributed by atoms with van der Waals surface area (Å²) in [5.41, 5.74) is 0. The molecule has 0 aromatic carbocycles. The van der Waals surface area contributed by atoms with Crippen molar-refractivity contribution in [1.82, 2.24) is 15.1 Å². The Morgan fingerprint density at radius 1 is 1.03 bits per heavy atom. The van der Waals surface area contributed by atoms with Crippen LogP contribution in [-0.4, -0.2) is 51.5 Å². The van der Waals surface area contributed by atoms with Gasteiger partial charge in [0.25, 0.3) is 0 Å². The molecule has 2 fully saturated rings. The van der Waals surface area contributed by atoms with Gasteiger partial charge >= 0.3 is 12.0 Å². The van der Waals surface area contributed by atoms with Gasteiger partial charge in [-0.3, -0.25) is 10.1 Å². The van der Waals surface area contributed by atoms with Gasteiger partial charge < -0.3 is 9.64 Å². The normalized spacial score (nSPS) is 26.8. The molecule has 2 aliphatic carbocycles. The highest BCUT2D eigenvalue weighted by Gasteiger charge is 2.35. The molecule has 2 amide bonds. The molecule has 0 bridgehead atoms. The molecule has 1 heterocycles. The maximum Gasteiger partial charge on any atom is 0.324 e. The molecule has 0 unspecified atom stereocenters. The van der Waals surface area contributed by atoms with Gasteiger partial charge in [0.15, 0.2) is 4.34 Å². The highest BCUT2D eigenvalue weighted by Crippen LogP contribution is 2.34. The number of aromatic nitrogens is 2. The van der Waals surface area contributed by atoms with Crippen LogP contribution >= 0.6 is 23.1 Å². The van der Waals surface area contributed by atoms with E-state index in [9.17, 15) is 9.59 Å². The molecule has 0 atom stereocenters. The molecule has 0 spiro atoms. The predicted molar refractivity (Wildman–Crippen MR) is 121 cm³/mol. The van der Waals surface area contributed by atoms with Gasteiger partial charge in [0.05, 0.1) is 12.4 Å². The summed E-state index contributed by atoms with van der Waals surface area (Å²) in [6.07, 6.45) is 9.07. The predicted octanol–water partition coefficient (Wildman–Crippen LogP) is 5.18. The monoisotopic (exact) mass is 454 g/mol. The molecule has 2 saturated carbocycles. The van der Waals surface area contributed by atoms with Crippen molar-refractivity contribution >= 4 is 40.2 Å². The number of nitrogens with zero attached hydrogens (tertiary/aromatic N) is 3. The first-order chi connectivity index (χ1) is 14.5. The molecule has 1 N–H and O–H groups in total. The van der Waals surface area contributed by atoms with Crippen molar-refractivity contribution in [3.63, 3.8) is 0 Å². The summed E-state index contributed by atoms with van der Waals surface area (Å²) >= 11 is 2.59. The van der Waals surface area contributed by atoms with Gasteiger partial charge in [0.1, 0.15) is 0 Å². The Morgan fingerprint density at radius 3 is 2.13 bits per heavy atom. The topological polar surface area (TPSA) is 84.4 Å². The lowest BCUT2D eigenvalue weighted by atomic mass is 9.82. The zero-order chi connectivity index (χ0) is 21.5. The molecular formula is C21H34N4O3S2. The lowest BCUT2D eigenvalue weighted by Crippen LogP contribution is -2.51. The minimum atomic E-state index is -0.271. The van der Waals surface area contributed by atoms with E-state index in [1.807, 2.05) is 0 Å². The molecule has 0 radical (unpaired) electrons. The smallest absolute Gasteiger partial charge is 0.324 e. The Bertz CT molecular complexity index is 676. The number of amides is 2. The highest BCUT2D eigenvalue weighted by atomic mass is 32.2. The van der Waals surface area contributed by atoms with Crippen LogP contribution in [0.3, 0.4) is 0 Å². The third kappa shape index (κ3) is 6.57. The summed E-state index contributed by atoms with van der Waals surface area (Å²) in [5.74, 6) is 1.43. The third-order valence-electron chi connectivity index (χ3n) is 6.23. The van der Waals surface area contributed by atoms with Crippen LogP contribution in [0.4, 0.5) is 9.93 Å². The number of nitrogens with one attached hydrogen (secondary N) is 1. The van der Waals surface area contributed by atoms with Crippen molar-refractivity contribution in [2.45, 2.75) is 88.6 Å². The molecule has 7 nitrogen and oxygen atoms in total. The fraction of sp³-hybridized carbons (Fsp3) is 0.810. The van der Waals surface area contributed by atoms with E-state index < -0.39 is 0 Å². The molecule has 30 heavy (non-hydrogen) atoms. The van der Waals surface area contributed by atoms with Crippen molar-refractivity contribution in [3.05, 3.63) is 0 Å². The van der Waals surface area contributed by atoms with Gasteiger partial charge in [0, 0.05) is 12.1 Å². The van der Waals surface area contributed by atoms with Crippen LogP contribution in [-0.2, 0) is 9.53 Å². The average molecular weight is 455 g/mol. The number of carbonyl (C=O) groups excluding carboxylic acids is 2.